The standard InChI is InChI=1S/C23H20N4O2/c24-20-6-1-2-7-21(20)27-22(28)13-10-17-9-12-19(26-15-17)11-8-16-4-3-5-18(14-16)23(25)29/h1-15H,24H2,(H2,25,29)(H,27,28)/b11-8+,13-10+. The summed E-state index contributed by atoms with van der Waals surface area (Å²) in [5, 5.41) is 2.73. The van der Waals surface area contributed by atoms with E-state index >= 15 is 0 Å². The molecular weight excluding hydrogens is 364 g/mol. The molecule has 6 heteroatoms. The highest BCUT2D eigenvalue weighted by atomic mass is 16.1. The zero-order valence-corrected chi connectivity index (χ0v) is 15.6. The molecule has 1 aromatic heterocycles. The fraction of sp³-hybridized carbons (Fsp3) is 0. The van der Waals surface area contributed by atoms with Crippen molar-refractivity contribution in [2.24, 2.45) is 5.73 Å². The number of primary amides is 1. The molecule has 0 radical (unpaired) electrons. The Morgan fingerprint density at radius 2 is 1.72 bits per heavy atom. The van der Waals surface area contributed by atoms with Crippen LogP contribution in [0.15, 0.2) is 72.9 Å². The third-order valence-electron chi connectivity index (χ3n) is 4.07. The Morgan fingerprint density at radius 3 is 2.45 bits per heavy atom. The smallest absolute Gasteiger partial charge is 0.248 e. The van der Waals surface area contributed by atoms with Crippen molar-refractivity contribution in [3.8, 4) is 0 Å². The number of nitrogens with zero attached hydrogens (tertiary/aromatic N) is 1. The van der Waals surface area contributed by atoms with Gasteiger partial charge in [0.05, 0.1) is 17.1 Å². The molecule has 0 unspecified atom stereocenters. The molecule has 0 atom stereocenters. The van der Waals surface area contributed by atoms with Crippen LogP contribution in [0.4, 0.5) is 11.4 Å². The van der Waals surface area contributed by atoms with Gasteiger partial charge in [0.15, 0.2) is 0 Å². The van der Waals surface area contributed by atoms with E-state index in [1.165, 1.54) is 6.08 Å². The van der Waals surface area contributed by atoms with Crippen molar-refractivity contribution >= 4 is 41.4 Å². The van der Waals surface area contributed by atoms with Gasteiger partial charge in [0, 0.05) is 17.8 Å². The molecule has 0 aliphatic heterocycles. The summed E-state index contributed by atoms with van der Waals surface area (Å²) < 4.78 is 0. The van der Waals surface area contributed by atoms with Crippen LogP contribution in [0.5, 0.6) is 0 Å². The summed E-state index contributed by atoms with van der Waals surface area (Å²) in [4.78, 5) is 27.6. The van der Waals surface area contributed by atoms with Crippen LogP contribution in [0.2, 0.25) is 0 Å². The van der Waals surface area contributed by atoms with Crippen LogP contribution in [-0.4, -0.2) is 16.8 Å². The van der Waals surface area contributed by atoms with Crippen LogP contribution in [0.25, 0.3) is 18.2 Å². The van der Waals surface area contributed by atoms with E-state index in [4.69, 9.17) is 11.5 Å². The zero-order valence-electron chi connectivity index (χ0n) is 15.6. The Labute approximate surface area is 168 Å². The van der Waals surface area contributed by atoms with Crippen LogP contribution in [0.3, 0.4) is 0 Å². The van der Waals surface area contributed by atoms with Crippen LogP contribution in [0.1, 0.15) is 27.2 Å². The van der Waals surface area contributed by atoms with Crippen LogP contribution in [-0.2, 0) is 4.79 Å². The van der Waals surface area contributed by atoms with Gasteiger partial charge in [-0.2, -0.15) is 0 Å². The first-order valence-corrected chi connectivity index (χ1v) is 8.89. The van der Waals surface area contributed by atoms with Crippen molar-refractivity contribution in [3.63, 3.8) is 0 Å². The van der Waals surface area contributed by atoms with E-state index in [-0.39, 0.29) is 5.91 Å². The van der Waals surface area contributed by atoms with Crippen molar-refractivity contribution in [1.82, 2.24) is 4.98 Å². The maximum atomic E-state index is 12.0. The number of nitrogens with one attached hydrogen (secondary N) is 1. The van der Waals surface area contributed by atoms with Gasteiger partial charge in [0.2, 0.25) is 11.8 Å². The normalized spacial score (nSPS) is 11.0. The number of pyridine rings is 1. The molecule has 144 valence electrons. The maximum Gasteiger partial charge on any atom is 0.248 e. The first-order chi connectivity index (χ1) is 14.0. The van der Waals surface area contributed by atoms with Gasteiger partial charge in [-0.05, 0) is 53.6 Å². The highest BCUT2D eigenvalue weighted by Crippen LogP contribution is 2.16. The van der Waals surface area contributed by atoms with Crippen LogP contribution in [0, 0.1) is 0 Å². The maximum absolute atomic E-state index is 12.0. The lowest BCUT2D eigenvalue weighted by molar-refractivity contribution is -0.111. The highest BCUT2D eigenvalue weighted by molar-refractivity contribution is 6.03. The second kappa shape index (κ2) is 9.14. The summed E-state index contributed by atoms with van der Waals surface area (Å²) in [5.41, 5.74) is 15.0. The summed E-state index contributed by atoms with van der Waals surface area (Å²) in [7, 11) is 0. The molecule has 0 aliphatic rings. The molecule has 0 saturated carbocycles. The third kappa shape index (κ3) is 5.64. The monoisotopic (exact) mass is 384 g/mol. The lowest BCUT2D eigenvalue weighted by Crippen LogP contribution is -2.10. The number of amides is 2. The predicted octanol–water partition coefficient (Wildman–Crippen LogP) is 3.59. The molecule has 29 heavy (non-hydrogen) atoms. The molecule has 2 amide bonds. The first-order valence-electron chi connectivity index (χ1n) is 8.89. The van der Waals surface area contributed by atoms with Gasteiger partial charge in [0.25, 0.3) is 0 Å². The largest absolute Gasteiger partial charge is 0.397 e. The second-order valence-corrected chi connectivity index (χ2v) is 6.25. The van der Waals surface area contributed by atoms with Gasteiger partial charge in [-0.25, -0.2) is 0 Å². The van der Waals surface area contributed by atoms with E-state index in [9.17, 15) is 9.59 Å². The third-order valence-corrected chi connectivity index (χ3v) is 4.07. The summed E-state index contributed by atoms with van der Waals surface area (Å²) >= 11 is 0. The predicted molar refractivity (Wildman–Crippen MR) is 117 cm³/mol. The lowest BCUT2D eigenvalue weighted by atomic mass is 10.1. The van der Waals surface area contributed by atoms with Gasteiger partial charge in [-0.3, -0.25) is 14.6 Å². The van der Waals surface area contributed by atoms with E-state index in [1.807, 2.05) is 30.4 Å². The summed E-state index contributed by atoms with van der Waals surface area (Å²) in [6.07, 6.45) is 8.44. The van der Waals surface area contributed by atoms with Crippen molar-refractivity contribution < 1.29 is 9.59 Å². The molecule has 0 fully saturated rings. The Balaban J connectivity index is 1.62. The van der Waals surface area contributed by atoms with E-state index in [0.717, 1.165) is 16.8 Å². The summed E-state index contributed by atoms with van der Waals surface area (Å²) in [6.45, 7) is 0. The fourth-order valence-electron chi connectivity index (χ4n) is 2.55. The van der Waals surface area contributed by atoms with Gasteiger partial charge >= 0.3 is 0 Å². The molecule has 1 heterocycles. The average Bonchev–Trinajstić information content (AvgIpc) is 2.73. The number of rotatable bonds is 6. The molecule has 0 spiro atoms. The Hall–Kier alpha value is -4.19. The molecule has 2 aromatic carbocycles. The van der Waals surface area contributed by atoms with E-state index in [0.29, 0.717) is 16.9 Å². The fourth-order valence-corrected chi connectivity index (χ4v) is 2.55. The van der Waals surface area contributed by atoms with Crippen molar-refractivity contribution in [1.29, 1.82) is 0 Å². The van der Waals surface area contributed by atoms with Crippen LogP contribution < -0.4 is 16.8 Å². The number of aromatic nitrogens is 1. The van der Waals surface area contributed by atoms with Crippen molar-refractivity contribution in [2.75, 3.05) is 11.1 Å². The SMILES string of the molecule is NC(=O)c1cccc(/C=C/c2ccc(/C=C/C(=O)Nc3ccccc3N)cn2)c1. The molecule has 3 rings (SSSR count). The minimum absolute atomic E-state index is 0.277. The molecular formula is C23H20N4O2. The van der Waals surface area contributed by atoms with Gasteiger partial charge in [-0.1, -0.05) is 36.4 Å². The Morgan fingerprint density at radius 1 is 0.897 bits per heavy atom. The Kier molecular flexibility index (Phi) is 6.17. The van der Waals surface area contributed by atoms with Gasteiger partial charge in [-0.15, -0.1) is 0 Å². The lowest BCUT2D eigenvalue weighted by Gasteiger charge is -2.04. The summed E-state index contributed by atoms with van der Waals surface area (Å²) in [5.74, 6) is -0.741. The van der Waals surface area contributed by atoms with E-state index < -0.39 is 5.91 Å². The molecule has 0 aliphatic carbocycles. The average molecular weight is 384 g/mol. The number of anilines is 2. The van der Waals surface area contributed by atoms with Gasteiger partial charge in [0.1, 0.15) is 0 Å². The molecule has 5 N–H and O–H groups in total. The number of nitrogen functional groups attached to an aromatic ring is 1. The molecule has 3 aromatic rings. The number of para-hydroxylation sites is 2. The van der Waals surface area contributed by atoms with Gasteiger partial charge < -0.3 is 16.8 Å². The number of carbonyl (C=O) groups is 2. The number of benzene rings is 2. The van der Waals surface area contributed by atoms with Crippen LogP contribution >= 0.6 is 0 Å². The first kappa shape index (κ1) is 19.6. The number of carbonyl (C=O) groups excluding carboxylic acids is 2. The highest BCUT2D eigenvalue weighted by Gasteiger charge is 2.01. The topological polar surface area (TPSA) is 111 Å². The van der Waals surface area contributed by atoms with E-state index in [2.05, 4.69) is 10.3 Å². The molecule has 0 saturated heterocycles. The Bertz CT molecular complexity index is 1090. The van der Waals surface area contributed by atoms with E-state index in [1.54, 1.807) is 54.7 Å². The minimum atomic E-state index is -0.464. The number of hydrogen-bond donors (Lipinski definition) is 3. The second-order valence-electron chi connectivity index (χ2n) is 6.25. The van der Waals surface area contributed by atoms with Crippen molar-refractivity contribution in [3.05, 3.63) is 95.3 Å². The molecule has 0 bridgehead atoms. The number of hydrogen-bond acceptors (Lipinski definition) is 4. The minimum Gasteiger partial charge on any atom is -0.397 e. The number of nitrogens with two attached hydrogens (primary N) is 2. The zero-order chi connectivity index (χ0) is 20.6. The summed E-state index contributed by atoms with van der Waals surface area (Å²) in [6, 6.07) is 17.8. The van der Waals surface area contributed by atoms with Crippen molar-refractivity contribution in [2.45, 2.75) is 0 Å². The molecule has 6 nitrogen and oxygen atoms in total. The quantitative estimate of drug-likeness (QED) is 0.445.